The highest BCUT2D eigenvalue weighted by molar-refractivity contribution is 9.10. The van der Waals surface area contributed by atoms with E-state index in [0.29, 0.717) is 49.2 Å². The number of rotatable bonds is 6. The SMILES string of the molecule is CCc1cc(Br)c2oc(-c3ccc(NC(=O)c4cc([N+](=O)[O-])ccc4N4CCOCC4)cc3)nc2c1. The fourth-order valence-corrected chi connectivity index (χ4v) is 4.75. The third kappa shape index (κ3) is 4.82. The zero-order valence-electron chi connectivity index (χ0n) is 19.5. The summed E-state index contributed by atoms with van der Waals surface area (Å²) in [6, 6.07) is 15.5. The lowest BCUT2D eigenvalue weighted by Crippen LogP contribution is -2.37. The molecule has 1 amide bonds. The van der Waals surface area contributed by atoms with E-state index in [-0.39, 0.29) is 11.3 Å². The minimum Gasteiger partial charge on any atom is -0.435 e. The van der Waals surface area contributed by atoms with E-state index in [1.165, 1.54) is 12.1 Å². The summed E-state index contributed by atoms with van der Waals surface area (Å²) >= 11 is 3.55. The van der Waals surface area contributed by atoms with Gasteiger partial charge in [0.05, 0.1) is 33.9 Å². The van der Waals surface area contributed by atoms with Crippen molar-refractivity contribution in [2.45, 2.75) is 13.3 Å². The van der Waals surface area contributed by atoms with Gasteiger partial charge in [-0.05, 0) is 70.4 Å². The molecule has 10 heteroatoms. The Bertz CT molecular complexity index is 1440. The van der Waals surface area contributed by atoms with Crippen molar-refractivity contribution in [2.24, 2.45) is 0 Å². The average molecular weight is 551 g/mol. The molecule has 36 heavy (non-hydrogen) atoms. The molecule has 0 bridgehead atoms. The van der Waals surface area contributed by atoms with E-state index in [9.17, 15) is 14.9 Å². The number of halogens is 1. The Morgan fingerprint density at radius 2 is 1.89 bits per heavy atom. The first-order valence-electron chi connectivity index (χ1n) is 11.5. The summed E-state index contributed by atoms with van der Waals surface area (Å²) in [5, 5.41) is 14.2. The van der Waals surface area contributed by atoms with Crippen molar-refractivity contribution in [3.8, 4) is 11.5 Å². The zero-order valence-corrected chi connectivity index (χ0v) is 21.1. The van der Waals surface area contributed by atoms with Crippen LogP contribution in [0, 0.1) is 10.1 Å². The van der Waals surface area contributed by atoms with Crippen LogP contribution in [-0.2, 0) is 11.2 Å². The quantitative estimate of drug-likeness (QED) is 0.238. The number of carbonyl (C=O) groups is 1. The fraction of sp³-hybridized carbons (Fsp3) is 0.231. The van der Waals surface area contributed by atoms with E-state index in [1.807, 2.05) is 29.2 Å². The highest BCUT2D eigenvalue weighted by Crippen LogP contribution is 2.32. The Hall–Kier alpha value is -3.76. The monoisotopic (exact) mass is 550 g/mol. The number of nitrogens with one attached hydrogen (secondary N) is 1. The number of ether oxygens (including phenoxy) is 1. The average Bonchev–Trinajstić information content (AvgIpc) is 3.34. The van der Waals surface area contributed by atoms with Crippen molar-refractivity contribution < 1.29 is 18.9 Å². The number of oxazole rings is 1. The van der Waals surface area contributed by atoms with Gasteiger partial charge in [-0.1, -0.05) is 6.92 Å². The predicted molar refractivity (Wildman–Crippen MR) is 141 cm³/mol. The van der Waals surface area contributed by atoms with Crippen LogP contribution in [0.2, 0.25) is 0 Å². The lowest BCUT2D eigenvalue weighted by Gasteiger charge is -2.30. The molecule has 0 aliphatic carbocycles. The molecule has 184 valence electrons. The van der Waals surface area contributed by atoms with Crippen LogP contribution in [0.3, 0.4) is 0 Å². The molecular weight excluding hydrogens is 528 g/mol. The molecule has 5 rings (SSSR count). The van der Waals surface area contributed by atoms with Crippen LogP contribution in [0.1, 0.15) is 22.8 Å². The van der Waals surface area contributed by atoms with Crippen molar-refractivity contribution in [1.29, 1.82) is 0 Å². The van der Waals surface area contributed by atoms with E-state index >= 15 is 0 Å². The van der Waals surface area contributed by atoms with E-state index in [2.05, 4.69) is 33.2 Å². The van der Waals surface area contributed by atoms with Crippen molar-refractivity contribution in [1.82, 2.24) is 4.98 Å². The highest BCUT2D eigenvalue weighted by atomic mass is 79.9. The topological polar surface area (TPSA) is 111 Å². The Kier molecular flexibility index (Phi) is 6.71. The number of nitrogens with zero attached hydrogens (tertiary/aromatic N) is 3. The number of nitro groups is 1. The van der Waals surface area contributed by atoms with Crippen LogP contribution in [0.4, 0.5) is 17.1 Å². The van der Waals surface area contributed by atoms with Gasteiger partial charge in [-0.15, -0.1) is 0 Å². The van der Waals surface area contributed by atoms with Crippen LogP contribution < -0.4 is 10.2 Å². The summed E-state index contributed by atoms with van der Waals surface area (Å²) in [4.78, 5) is 30.6. The molecule has 1 aliphatic heterocycles. The number of carbonyl (C=O) groups excluding carboxylic acids is 1. The van der Waals surface area contributed by atoms with Gasteiger partial charge in [0.15, 0.2) is 5.58 Å². The third-order valence-electron chi connectivity index (χ3n) is 6.09. The molecule has 0 radical (unpaired) electrons. The van der Waals surface area contributed by atoms with Crippen LogP contribution in [-0.4, -0.2) is 42.1 Å². The fourth-order valence-electron chi connectivity index (χ4n) is 4.17. The summed E-state index contributed by atoms with van der Waals surface area (Å²) in [7, 11) is 0. The number of hydrogen-bond acceptors (Lipinski definition) is 7. The number of non-ortho nitro benzene ring substituents is 1. The summed E-state index contributed by atoms with van der Waals surface area (Å²) in [5.74, 6) is 0.0518. The first kappa shape index (κ1) is 24.0. The molecule has 3 aromatic carbocycles. The first-order valence-corrected chi connectivity index (χ1v) is 12.3. The van der Waals surface area contributed by atoms with Crippen molar-refractivity contribution in [3.05, 3.63) is 80.3 Å². The Labute approximate surface area is 215 Å². The molecule has 9 nitrogen and oxygen atoms in total. The molecule has 1 N–H and O–H groups in total. The molecule has 2 heterocycles. The number of benzene rings is 3. The van der Waals surface area contributed by atoms with Gasteiger partial charge < -0.3 is 19.4 Å². The molecule has 1 saturated heterocycles. The summed E-state index contributed by atoms with van der Waals surface area (Å²) in [6.07, 6.45) is 0.892. The minimum atomic E-state index is -0.503. The Morgan fingerprint density at radius 3 is 2.58 bits per heavy atom. The molecule has 0 unspecified atom stereocenters. The molecule has 4 aromatic rings. The van der Waals surface area contributed by atoms with Crippen LogP contribution >= 0.6 is 15.9 Å². The van der Waals surface area contributed by atoms with E-state index < -0.39 is 10.8 Å². The normalized spacial score (nSPS) is 13.7. The van der Waals surface area contributed by atoms with Gasteiger partial charge in [0, 0.05) is 36.5 Å². The number of aromatic nitrogens is 1. The smallest absolute Gasteiger partial charge is 0.270 e. The van der Waals surface area contributed by atoms with Gasteiger partial charge in [-0.2, -0.15) is 0 Å². The largest absolute Gasteiger partial charge is 0.435 e. The number of anilines is 2. The third-order valence-corrected chi connectivity index (χ3v) is 6.68. The lowest BCUT2D eigenvalue weighted by atomic mass is 10.1. The second kappa shape index (κ2) is 10.1. The number of nitro benzene ring substituents is 1. The Morgan fingerprint density at radius 1 is 1.14 bits per heavy atom. The van der Waals surface area contributed by atoms with Crippen LogP contribution in [0.15, 0.2) is 63.5 Å². The summed E-state index contributed by atoms with van der Waals surface area (Å²) in [6.45, 7) is 4.36. The van der Waals surface area contributed by atoms with E-state index in [4.69, 9.17) is 9.15 Å². The molecule has 0 atom stereocenters. The number of hydrogen-bond donors (Lipinski definition) is 1. The molecule has 1 aromatic heterocycles. The van der Waals surface area contributed by atoms with Gasteiger partial charge in [0.2, 0.25) is 5.89 Å². The number of morpholine rings is 1. The molecule has 0 saturated carbocycles. The van der Waals surface area contributed by atoms with Gasteiger partial charge in [0.1, 0.15) is 5.52 Å². The maximum atomic E-state index is 13.2. The van der Waals surface area contributed by atoms with Gasteiger partial charge in [0.25, 0.3) is 11.6 Å². The van der Waals surface area contributed by atoms with E-state index in [1.54, 1.807) is 18.2 Å². The van der Waals surface area contributed by atoms with Gasteiger partial charge in [-0.3, -0.25) is 14.9 Å². The first-order chi connectivity index (χ1) is 17.4. The lowest BCUT2D eigenvalue weighted by molar-refractivity contribution is -0.384. The maximum absolute atomic E-state index is 13.2. The number of fused-ring (bicyclic) bond motifs is 1. The Balaban J connectivity index is 1.39. The van der Waals surface area contributed by atoms with Gasteiger partial charge >= 0.3 is 0 Å². The van der Waals surface area contributed by atoms with Crippen LogP contribution in [0.5, 0.6) is 0 Å². The highest BCUT2D eigenvalue weighted by Gasteiger charge is 2.22. The van der Waals surface area contributed by atoms with Crippen LogP contribution in [0.25, 0.3) is 22.6 Å². The molecule has 1 aliphatic rings. The second-order valence-corrected chi connectivity index (χ2v) is 9.24. The molecular formula is C26H23BrN4O5. The second-order valence-electron chi connectivity index (χ2n) is 8.39. The summed E-state index contributed by atoms with van der Waals surface area (Å²) in [5.41, 5.74) is 4.67. The summed E-state index contributed by atoms with van der Waals surface area (Å²) < 4.78 is 12.2. The zero-order chi connectivity index (χ0) is 25.2. The van der Waals surface area contributed by atoms with Crippen molar-refractivity contribution >= 4 is 50.0 Å². The standard InChI is InChI=1S/C26H23BrN4O5/c1-2-16-13-21(27)24-22(14-16)29-26(36-24)17-3-5-18(6-4-17)28-25(32)20-15-19(31(33)34)7-8-23(20)30-9-11-35-12-10-30/h3-8,13-15H,2,9-12H2,1H3,(H,28,32). The van der Waals surface area contributed by atoms with E-state index in [0.717, 1.165) is 27.5 Å². The van der Waals surface area contributed by atoms with Crippen molar-refractivity contribution in [2.75, 3.05) is 36.5 Å². The number of amides is 1. The minimum absolute atomic E-state index is 0.138. The number of aryl methyl sites for hydroxylation is 1. The van der Waals surface area contributed by atoms with Gasteiger partial charge in [-0.25, -0.2) is 4.98 Å². The molecule has 0 spiro atoms. The predicted octanol–water partition coefficient (Wildman–Crippen LogP) is 5.82. The molecule has 1 fully saturated rings. The van der Waals surface area contributed by atoms with Crippen molar-refractivity contribution in [3.63, 3.8) is 0 Å². The maximum Gasteiger partial charge on any atom is 0.270 e.